The SMILES string of the molecule is CC(C)N1CCN2c3ncc(Cl)nc3C(F)(F)CC2C1. The Morgan fingerprint density at radius 3 is 2.85 bits per heavy atom. The van der Waals surface area contributed by atoms with E-state index >= 15 is 0 Å². The van der Waals surface area contributed by atoms with Gasteiger partial charge in [0.1, 0.15) is 5.15 Å². The molecule has 2 aliphatic heterocycles. The van der Waals surface area contributed by atoms with Crippen molar-refractivity contribution in [1.29, 1.82) is 0 Å². The number of hydrogen-bond acceptors (Lipinski definition) is 4. The predicted molar refractivity (Wildman–Crippen MR) is 73.4 cm³/mol. The van der Waals surface area contributed by atoms with Crippen LogP contribution in [0.15, 0.2) is 6.20 Å². The molecule has 110 valence electrons. The molecule has 0 aliphatic carbocycles. The Labute approximate surface area is 121 Å². The zero-order valence-electron chi connectivity index (χ0n) is 11.5. The summed E-state index contributed by atoms with van der Waals surface area (Å²) in [7, 11) is 0. The molecule has 1 aromatic rings. The normalized spacial score (nSPS) is 25.5. The van der Waals surface area contributed by atoms with Crippen LogP contribution in [0, 0.1) is 0 Å². The van der Waals surface area contributed by atoms with E-state index in [1.165, 1.54) is 6.20 Å². The third-order valence-electron chi connectivity index (χ3n) is 4.08. The van der Waals surface area contributed by atoms with Crippen LogP contribution >= 0.6 is 11.6 Å². The minimum atomic E-state index is -2.96. The highest BCUT2D eigenvalue weighted by molar-refractivity contribution is 6.29. The molecule has 20 heavy (non-hydrogen) atoms. The van der Waals surface area contributed by atoms with Crippen molar-refractivity contribution < 1.29 is 8.78 Å². The largest absolute Gasteiger partial charge is 0.349 e. The molecule has 7 heteroatoms. The summed E-state index contributed by atoms with van der Waals surface area (Å²) in [5, 5.41) is 0.0164. The smallest absolute Gasteiger partial charge is 0.295 e. The maximum absolute atomic E-state index is 14.3. The Morgan fingerprint density at radius 1 is 1.40 bits per heavy atom. The summed E-state index contributed by atoms with van der Waals surface area (Å²) in [5.41, 5.74) is -0.278. The molecule has 1 fully saturated rings. The van der Waals surface area contributed by atoms with Crippen LogP contribution in [0.2, 0.25) is 5.15 Å². The van der Waals surface area contributed by atoms with Crippen molar-refractivity contribution in [2.45, 2.75) is 38.3 Å². The lowest BCUT2D eigenvalue weighted by molar-refractivity contribution is -0.0379. The standard InChI is InChI=1S/C13H17ClF2N4/c1-8(2)19-3-4-20-9(7-19)5-13(15,16)11-12(20)17-6-10(14)18-11/h6,8-9H,3-5,7H2,1-2H3. The number of halogens is 3. The third-order valence-corrected chi connectivity index (χ3v) is 4.26. The Balaban J connectivity index is 1.96. The lowest BCUT2D eigenvalue weighted by Crippen LogP contribution is -2.58. The third kappa shape index (κ3) is 2.24. The van der Waals surface area contributed by atoms with Gasteiger partial charge in [-0.05, 0) is 13.8 Å². The quantitative estimate of drug-likeness (QED) is 0.798. The second-order valence-corrected chi connectivity index (χ2v) is 6.10. The number of anilines is 1. The van der Waals surface area contributed by atoms with Gasteiger partial charge in [-0.15, -0.1) is 0 Å². The van der Waals surface area contributed by atoms with Gasteiger partial charge < -0.3 is 4.90 Å². The van der Waals surface area contributed by atoms with Crippen LogP contribution < -0.4 is 4.90 Å². The van der Waals surface area contributed by atoms with Gasteiger partial charge in [-0.3, -0.25) is 4.90 Å². The summed E-state index contributed by atoms with van der Waals surface area (Å²) in [5.74, 6) is -2.67. The molecule has 0 amide bonds. The maximum Gasteiger partial charge on any atom is 0.295 e. The van der Waals surface area contributed by atoms with Gasteiger partial charge in [0.15, 0.2) is 11.5 Å². The van der Waals surface area contributed by atoms with E-state index in [1.54, 1.807) is 0 Å². The average molecular weight is 303 g/mol. The molecular formula is C13H17ClF2N4. The van der Waals surface area contributed by atoms with Crippen molar-refractivity contribution in [3.05, 3.63) is 17.0 Å². The summed E-state index contributed by atoms with van der Waals surface area (Å²) < 4.78 is 28.5. The molecule has 3 heterocycles. The summed E-state index contributed by atoms with van der Waals surface area (Å²) in [4.78, 5) is 12.1. The number of alkyl halides is 2. The van der Waals surface area contributed by atoms with Crippen molar-refractivity contribution in [3.63, 3.8) is 0 Å². The van der Waals surface area contributed by atoms with Crippen molar-refractivity contribution in [1.82, 2.24) is 14.9 Å². The van der Waals surface area contributed by atoms with Crippen LogP contribution in [0.5, 0.6) is 0 Å². The highest BCUT2D eigenvalue weighted by Gasteiger charge is 2.48. The lowest BCUT2D eigenvalue weighted by atomic mass is 9.95. The Kier molecular flexibility index (Phi) is 3.33. The summed E-state index contributed by atoms with van der Waals surface area (Å²) in [6.45, 7) is 6.36. The first-order valence-corrected chi connectivity index (χ1v) is 7.18. The molecule has 0 bridgehead atoms. The number of nitrogens with zero attached hydrogens (tertiary/aromatic N) is 4. The lowest BCUT2D eigenvalue weighted by Gasteiger charge is -2.47. The molecule has 1 saturated heterocycles. The predicted octanol–water partition coefficient (Wildman–Crippen LogP) is 2.52. The van der Waals surface area contributed by atoms with E-state index in [0.717, 1.165) is 6.54 Å². The molecule has 3 rings (SSSR count). The zero-order chi connectivity index (χ0) is 14.5. The van der Waals surface area contributed by atoms with E-state index in [4.69, 9.17) is 11.6 Å². The summed E-state index contributed by atoms with van der Waals surface area (Å²) in [6.07, 6.45) is 1.12. The molecule has 4 nitrogen and oxygen atoms in total. The van der Waals surface area contributed by atoms with E-state index < -0.39 is 5.92 Å². The Morgan fingerprint density at radius 2 is 2.15 bits per heavy atom. The highest BCUT2D eigenvalue weighted by atomic mass is 35.5. The molecule has 1 unspecified atom stereocenters. The van der Waals surface area contributed by atoms with E-state index in [1.807, 2.05) is 4.90 Å². The average Bonchev–Trinajstić information content (AvgIpc) is 2.37. The molecule has 1 aromatic heterocycles. The molecule has 2 aliphatic rings. The maximum atomic E-state index is 14.3. The Hall–Kier alpha value is -1.01. The second-order valence-electron chi connectivity index (χ2n) is 5.71. The van der Waals surface area contributed by atoms with Gasteiger partial charge in [0.25, 0.3) is 5.92 Å². The first-order chi connectivity index (χ1) is 9.38. The first-order valence-electron chi connectivity index (χ1n) is 6.80. The summed E-state index contributed by atoms with van der Waals surface area (Å²) >= 11 is 5.71. The minimum absolute atomic E-state index is 0.0164. The van der Waals surface area contributed by atoms with E-state index in [0.29, 0.717) is 24.9 Å². The molecule has 0 N–H and O–H groups in total. The monoisotopic (exact) mass is 302 g/mol. The van der Waals surface area contributed by atoms with Gasteiger partial charge >= 0.3 is 0 Å². The molecule has 0 aromatic carbocycles. The van der Waals surface area contributed by atoms with Crippen molar-refractivity contribution in [2.75, 3.05) is 24.5 Å². The Bertz CT molecular complexity index is 523. The van der Waals surface area contributed by atoms with Crippen LogP contribution in [-0.2, 0) is 5.92 Å². The fourth-order valence-electron chi connectivity index (χ4n) is 3.01. The van der Waals surface area contributed by atoms with Crippen LogP contribution in [0.3, 0.4) is 0 Å². The number of piperazine rings is 1. The van der Waals surface area contributed by atoms with E-state index in [-0.39, 0.29) is 23.3 Å². The van der Waals surface area contributed by atoms with Crippen LogP contribution in [0.1, 0.15) is 26.0 Å². The number of aromatic nitrogens is 2. The van der Waals surface area contributed by atoms with Gasteiger partial charge in [-0.2, -0.15) is 8.78 Å². The molecule has 0 saturated carbocycles. The van der Waals surface area contributed by atoms with Crippen molar-refractivity contribution >= 4 is 17.4 Å². The molecule has 1 atom stereocenters. The van der Waals surface area contributed by atoms with E-state index in [2.05, 4.69) is 28.7 Å². The van der Waals surface area contributed by atoms with Gasteiger partial charge in [-0.1, -0.05) is 11.6 Å². The van der Waals surface area contributed by atoms with Crippen molar-refractivity contribution in [2.24, 2.45) is 0 Å². The van der Waals surface area contributed by atoms with Gasteiger partial charge in [-0.25, -0.2) is 9.97 Å². The summed E-state index contributed by atoms with van der Waals surface area (Å²) in [6, 6.07) is 0.146. The first kappa shape index (κ1) is 13.9. The number of rotatable bonds is 1. The molecular weight excluding hydrogens is 286 g/mol. The van der Waals surface area contributed by atoms with Crippen LogP contribution in [-0.4, -0.2) is 46.6 Å². The fourth-order valence-corrected chi connectivity index (χ4v) is 3.14. The fraction of sp³-hybridized carbons (Fsp3) is 0.692. The molecule has 0 spiro atoms. The van der Waals surface area contributed by atoms with Gasteiger partial charge in [0.05, 0.1) is 6.20 Å². The van der Waals surface area contributed by atoms with Crippen LogP contribution in [0.25, 0.3) is 0 Å². The number of fused-ring (bicyclic) bond motifs is 3. The zero-order valence-corrected chi connectivity index (χ0v) is 12.2. The van der Waals surface area contributed by atoms with E-state index in [9.17, 15) is 8.78 Å². The number of hydrogen-bond donors (Lipinski definition) is 0. The topological polar surface area (TPSA) is 32.3 Å². The molecule has 0 radical (unpaired) electrons. The highest BCUT2D eigenvalue weighted by Crippen LogP contribution is 2.44. The minimum Gasteiger partial charge on any atom is -0.349 e. The van der Waals surface area contributed by atoms with Gasteiger partial charge in [0, 0.05) is 38.1 Å². The van der Waals surface area contributed by atoms with Crippen molar-refractivity contribution in [3.8, 4) is 0 Å². The second kappa shape index (κ2) is 4.77. The van der Waals surface area contributed by atoms with Gasteiger partial charge in [0.2, 0.25) is 0 Å². The van der Waals surface area contributed by atoms with Crippen LogP contribution in [0.4, 0.5) is 14.6 Å².